The predicted octanol–water partition coefficient (Wildman–Crippen LogP) is 3.90. The molecule has 0 spiro atoms. The third-order valence-electron chi connectivity index (χ3n) is 3.06. The van der Waals surface area contributed by atoms with Gasteiger partial charge in [-0.1, -0.05) is 39.3 Å². The maximum atomic E-state index is 2.36. The summed E-state index contributed by atoms with van der Waals surface area (Å²) in [4.78, 5) is 0. The average molecular weight is 330 g/mol. The Morgan fingerprint density at radius 3 is 0.842 bits per heavy atom. The molecule has 0 heterocycles. The molecule has 0 aliphatic heterocycles. The van der Waals surface area contributed by atoms with Crippen molar-refractivity contribution in [1.29, 1.82) is 0 Å². The van der Waals surface area contributed by atoms with Gasteiger partial charge in [0.15, 0.2) is 0 Å². The predicted molar refractivity (Wildman–Crippen MR) is 90.0 cm³/mol. The van der Waals surface area contributed by atoms with E-state index < -0.39 is 16.1 Å². The summed E-state index contributed by atoms with van der Waals surface area (Å²) in [7, 11) is -1.96. The Morgan fingerprint density at radius 2 is 0.737 bits per heavy atom. The molecule has 3 heteroatoms. The van der Waals surface area contributed by atoms with Gasteiger partial charge in [-0.2, -0.15) is 34.6 Å². The maximum absolute atomic E-state index is 2.36. The summed E-state index contributed by atoms with van der Waals surface area (Å²) < 4.78 is 0. The van der Waals surface area contributed by atoms with Gasteiger partial charge >= 0.3 is 0 Å². The van der Waals surface area contributed by atoms with Crippen LogP contribution in [0.15, 0.2) is 48.5 Å². The first kappa shape index (κ1) is 18.7. The van der Waals surface area contributed by atoms with Gasteiger partial charge in [-0.15, -0.1) is 0 Å². The van der Waals surface area contributed by atoms with Crippen molar-refractivity contribution < 1.29 is 17.1 Å². The molecule has 0 aliphatic carbocycles. The minimum atomic E-state index is -0.981. The molecule has 2 aromatic carbocycles. The fraction of sp³-hybridized carbons (Fsp3) is 0.375. The largest absolute Gasteiger partial charge is 0.214 e. The van der Waals surface area contributed by atoms with Crippen molar-refractivity contribution in [3.63, 3.8) is 0 Å². The molecule has 0 saturated heterocycles. The Morgan fingerprint density at radius 1 is 0.526 bits per heavy atom. The summed E-state index contributed by atoms with van der Waals surface area (Å²) in [5.74, 6) is 0. The molecule has 0 N–H and O–H groups in total. The molecule has 2 aromatic rings. The van der Waals surface area contributed by atoms with Crippen LogP contribution in [-0.2, 0) is 17.1 Å². The van der Waals surface area contributed by atoms with Gasteiger partial charge in [0.2, 0.25) is 0 Å². The Hall–Kier alpha value is -0.347. The Kier molecular flexibility index (Phi) is 7.30. The Bertz CT molecular complexity index is 384. The van der Waals surface area contributed by atoms with Crippen LogP contribution in [0.5, 0.6) is 0 Å². The zero-order chi connectivity index (χ0) is 13.8. The van der Waals surface area contributed by atoms with E-state index in [9.17, 15) is 0 Å². The first-order valence-corrected chi connectivity index (χ1v) is 13.7. The van der Waals surface area contributed by atoms with E-state index in [4.69, 9.17) is 0 Å². The van der Waals surface area contributed by atoms with Gasteiger partial charge in [-0.25, -0.2) is 24.3 Å². The average Bonchev–Trinajstić information content (AvgIpc) is 2.91. The number of rotatable bonds is 2. The molecule has 0 bridgehead atoms. The summed E-state index contributed by atoms with van der Waals surface area (Å²) in [6.45, 7) is 14.2. The Balaban J connectivity index is 0.000000324. The summed E-state index contributed by atoms with van der Waals surface area (Å²) in [5.41, 5.74) is 0. The van der Waals surface area contributed by atoms with E-state index in [-0.39, 0.29) is 17.1 Å². The van der Waals surface area contributed by atoms with Crippen molar-refractivity contribution in [2.24, 2.45) is 0 Å². The van der Waals surface area contributed by atoms with Crippen molar-refractivity contribution in [3.8, 4) is 0 Å². The van der Waals surface area contributed by atoms with Crippen LogP contribution in [0.4, 0.5) is 0 Å². The van der Waals surface area contributed by atoms with E-state index in [0.29, 0.717) is 0 Å². The Labute approximate surface area is 131 Å². The van der Waals surface area contributed by atoms with Crippen LogP contribution in [0.3, 0.4) is 0 Å². The zero-order valence-corrected chi connectivity index (χ0v) is 16.1. The van der Waals surface area contributed by atoms with E-state index in [1.165, 1.54) is 0 Å². The van der Waals surface area contributed by atoms with Crippen molar-refractivity contribution in [3.05, 3.63) is 48.5 Å². The molecule has 2 rings (SSSR count). The summed E-state index contributed by atoms with van der Waals surface area (Å²) in [6, 6.07) is 17.4. The molecule has 0 aliphatic rings. The maximum Gasteiger partial charge on any atom is 0.0147 e. The van der Waals surface area contributed by atoms with Crippen LogP contribution in [-0.4, -0.2) is 16.1 Å². The zero-order valence-electron chi connectivity index (χ0n) is 13.0. The minimum absolute atomic E-state index is 0. The third-order valence-corrected chi connectivity index (χ3v) is 7.19. The first-order valence-electron chi connectivity index (χ1n) is 6.65. The molecule has 0 fully saturated rings. The smallest absolute Gasteiger partial charge is 0.0147 e. The molecule has 108 valence electrons. The second-order valence-electron chi connectivity index (χ2n) is 6.85. The molecular formula is C16H26FeSi2-2. The standard InChI is InChI=1S/2C8H13Si.Fe/c2*1-9(2,3)8-6-4-5-7-8;/h2*4-7H,1-3H3;/q2*-1;. The van der Waals surface area contributed by atoms with E-state index in [0.717, 1.165) is 0 Å². The molecule has 0 amide bonds. The molecule has 19 heavy (non-hydrogen) atoms. The topological polar surface area (TPSA) is 0 Å². The fourth-order valence-electron chi connectivity index (χ4n) is 1.75. The van der Waals surface area contributed by atoms with Gasteiger partial charge in [-0.3, -0.25) is 0 Å². The van der Waals surface area contributed by atoms with Crippen LogP contribution >= 0.6 is 0 Å². The summed E-state index contributed by atoms with van der Waals surface area (Å²) in [6.07, 6.45) is 0. The van der Waals surface area contributed by atoms with Gasteiger partial charge in [-0.05, 0) is 0 Å². The van der Waals surface area contributed by atoms with E-state index in [2.05, 4.69) is 87.8 Å². The van der Waals surface area contributed by atoms with Gasteiger partial charge in [0.1, 0.15) is 0 Å². The second-order valence-corrected chi connectivity index (χ2v) is 17.0. The molecule has 0 aromatic heterocycles. The van der Waals surface area contributed by atoms with Gasteiger partial charge in [0.05, 0.1) is 0 Å². The minimum Gasteiger partial charge on any atom is -0.214 e. The molecule has 0 saturated carbocycles. The van der Waals surface area contributed by atoms with E-state index in [1.807, 2.05) is 0 Å². The summed E-state index contributed by atoms with van der Waals surface area (Å²) in [5, 5.41) is 3.12. The molecule has 0 nitrogen and oxygen atoms in total. The number of hydrogen-bond acceptors (Lipinski definition) is 0. The molecule has 0 radical (unpaired) electrons. The van der Waals surface area contributed by atoms with Crippen molar-refractivity contribution in [2.45, 2.75) is 39.3 Å². The van der Waals surface area contributed by atoms with Gasteiger partial charge < -0.3 is 0 Å². The van der Waals surface area contributed by atoms with Gasteiger partial charge in [0, 0.05) is 33.2 Å². The van der Waals surface area contributed by atoms with Crippen molar-refractivity contribution in [1.82, 2.24) is 0 Å². The van der Waals surface area contributed by atoms with E-state index in [1.54, 1.807) is 10.4 Å². The first-order chi connectivity index (χ1) is 8.21. The van der Waals surface area contributed by atoms with Crippen LogP contribution in [0.25, 0.3) is 0 Å². The summed E-state index contributed by atoms with van der Waals surface area (Å²) >= 11 is 0. The van der Waals surface area contributed by atoms with Crippen molar-refractivity contribution >= 4 is 26.5 Å². The monoisotopic (exact) mass is 330 g/mol. The SMILES string of the molecule is C[Si](C)(C)[c-]1cccc1.C[Si](C)(C)[c-]1cccc1.[Fe]. The van der Waals surface area contributed by atoms with Crippen LogP contribution in [0, 0.1) is 0 Å². The van der Waals surface area contributed by atoms with E-state index >= 15 is 0 Å². The second kappa shape index (κ2) is 7.44. The normalized spacial score (nSPS) is 11.3. The van der Waals surface area contributed by atoms with Crippen LogP contribution < -0.4 is 10.4 Å². The molecule has 0 unspecified atom stereocenters. The number of hydrogen-bond donors (Lipinski definition) is 0. The quantitative estimate of drug-likeness (QED) is 0.579. The molecule has 0 atom stereocenters. The van der Waals surface area contributed by atoms with Crippen molar-refractivity contribution in [2.75, 3.05) is 0 Å². The molecular weight excluding hydrogens is 304 g/mol. The van der Waals surface area contributed by atoms with Crippen LogP contribution in [0.1, 0.15) is 0 Å². The van der Waals surface area contributed by atoms with Gasteiger partial charge in [0.25, 0.3) is 0 Å². The fourth-order valence-corrected chi connectivity index (χ4v) is 4.13. The third kappa shape index (κ3) is 6.57. The van der Waals surface area contributed by atoms with Crippen LogP contribution in [0.2, 0.25) is 39.3 Å².